The van der Waals surface area contributed by atoms with Crippen LogP contribution < -0.4 is 10.6 Å². The Morgan fingerprint density at radius 3 is 2.70 bits per heavy atom. The summed E-state index contributed by atoms with van der Waals surface area (Å²) < 4.78 is 4.90. The zero-order valence-electron chi connectivity index (χ0n) is 11.3. The second-order valence-corrected chi connectivity index (χ2v) is 4.28. The molecule has 1 aromatic heterocycles. The van der Waals surface area contributed by atoms with Crippen LogP contribution in [0.25, 0.3) is 0 Å². The van der Waals surface area contributed by atoms with Gasteiger partial charge in [-0.05, 0) is 19.1 Å². The Kier molecular flexibility index (Phi) is 4.14. The zero-order chi connectivity index (χ0) is 14.5. The third kappa shape index (κ3) is 3.23. The summed E-state index contributed by atoms with van der Waals surface area (Å²) in [5, 5.41) is 8.99. The lowest BCUT2D eigenvalue weighted by Gasteiger charge is -2.09. The maximum absolute atomic E-state index is 11.9. The minimum atomic E-state index is -0.255. The maximum atomic E-state index is 11.9. The number of aryl methyl sites for hydroxylation is 1. The minimum absolute atomic E-state index is 0.0966. The van der Waals surface area contributed by atoms with Crippen molar-refractivity contribution in [1.29, 1.82) is 0 Å². The van der Waals surface area contributed by atoms with Crippen LogP contribution in [0.2, 0.25) is 0 Å². The number of benzene rings is 1. The number of carbonyl (C=O) groups excluding carboxylic acids is 2. The van der Waals surface area contributed by atoms with Gasteiger partial charge in [-0.1, -0.05) is 17.3 Å². The van der Waals surface area contributed by atoms with Crippen molar-refractivity contribution in [3.05, 3.63) is 47.3 Å². The van der Waals surface area contributed by atoms with Crippen LogP contribution >= 0.6 is 0 Å². The molecule has 0 fully saturated rings. The summed E-state index contributed by atoms with van der Waals surface area (Å²) in [7, 11) is 1.54. The summed E-state index contributed by atoms with van der Waals surface area (Å²) in [4.78, 5) is 23.6. The molecule has 0 unspecified atom stereocenters. The molecule has 20 heavy (non-hydrogen) atoms. The summed E-state index contributed by atoms with van der Waals surface area (Å²) in [5.41, 5.74) is 1.44. The SMILES string of the molecule is CNC(=O)c1ccccc1NC(=O)Cc1cc(C)on1. The molecule has 0 aliphatic rings. The van der Waals surface area contributed by atoms with Gasteiger partial charge in [0.05, 0.1) is 23.4 Å². The fraction of sp³-hybridized carbons (Fsp3) is 0.214. The molecule has 0 aliphatic heterocycles. The fourth-order valence-electron chi connectivity index (χ4n) is 1.78. The van der Waals surface area contributed by atoms with Crippen LogP contribution in [0.1, 0.15) is 21.8 Å². The van der Waals surface area contributed by atoms with Crippen LogP contribution in [0, 0.1) is 6.92 Å². The predicted octanol–water partition coefficient (Wildman–Crippen LogP) is 1.52. The van der Waals surface area contributed by atoms with Gasteiger partial charge in [0.25, 0.3) is 5.91 Å². The van der Waals surface area contributed by atoms with Gasteiger partial charge in [0.15, 0.2) is 0 Å². The third-order valence-corrected chi connectivity index (χ3v) is 2.69. The molecule has 0 bridgehead atoms. The number of amides is 2. The summed E-state index contributed by atoms with van der Waals surface area (Å²) in [6, 6.07) is 8.51. The highest BCUT2D eigenvalue weighted by Crippen LogP contribution is 2.15. The number of hydrogen-bond acceptors (Lipinski definition) is 4. The highest BCUT2D eigenvalue weighted by Gasteiger charge is 2.13. The van der Waals surface area contributed by atoms with E-state index >= 15 is 0 Å². The number of nitrogens with one attached hydrogen (secondary N) is 2. The van der Waals surface area contributed by atoms with E-state index in [0.29, 0.717) is 22.7 Å². The normalized spacial score (nSPS) is 10.1. The quantitative estimate of drug-likeness (QED) is 0.884. The highest BCUT2D eigenvalue weighted by molar-refractivity contribution is 6.03. The van der Waals surface area contributed by atoms with Crippen LogP contribution in [-0.2, 0) is 11.2 Å². The molecule has 2 N–H and O–H groups in total. The second kappa shape index (κ2) is 6.01. The number of para-hydroxylation sites is 1. The molecule has 2 rings (SSSR count). The fourth-order valence-corrected chi connectivity index (χ4v) is 1.78. The molecule has 0 radical (unpaired) electrons. The zero-order valence-corrected chi connectivity index (χ0v) is 11.3. The molecular formula is C14H15N3O3. The predicted molar refractivity (Wildman–Crippen MR) is 73.4 cm³/mol. The third-order valence-electron chi connectivity index (χ3n) is 2.69. The van der Waals surface area contributed by atoms with Crippen molar-refractivity contribution in [3.8, 4) is 0 Å². The Balaban J connectivity index is 2.10. The Bertz CT molecular complexity index is 634. The van der Waals surface area contributed by atoms with Gasteiger partial charge in [0.1, 0.15) is 5.76 Å². The first kappa shape index (κ1) is 13.8. The molecule has 2 amide bonds. The molecule has 0 saturated carbocycles. The number of anilines is 1. The van der Waals surface area contributed by atoms with Gasteiger partial charge in [-0.3, -0.25) is 9.59 Å². The molecule has 104 valence electrons. The lowest BCUT2D eigenvalue weighted by Crippen LogP contribution is -2.22. The number of carbonyl (C=O) groups is 2. The average molecular weight is 273 g/mol. The van der Waals surface area contributed by atoms with E-state index in [-0.39, 0.29) is 18.2 Å². The molecule has 0 aliphatic carbocycles. The van der Waals surface area contributed by atoms with Gasteiger partial charge in [0, 0.05) is 13.1 Å². The van der Waals surface area contributed by atoms with Crippen molar-refractivity contribution >= 4 is 17.5 Å². The van der Waals surface area contributed by atoms with Crippen molar-refractivity contribution in [2.45, 2.75) is 13.3 Å². The number of aromatic nitrogens is 1. The Labute approximate surface area is 116 Å². The van der Waals surface area contributed by atoms with Crippen molar-refractivity contribution in [1.82, 2.24) is 10.5 Å². The molecule has 0 spiro atoms. The molecule has 6 heteroatoms. The van der Waals surface area contributed by atoms with Crippen LogP contribution in [-0.4, -0.2) is 24.0 Å². The van der Waals surface area contributed by atoms with E-state index in [1.165, 1.54) is 0 Å². The van der Waals surface area contributed by atoms with Gasteiger partial charge < -0.3 is 15.2 Å². The van der Waals surface area contributed by atoms with Gasteiger partial charge >= 0.3 is 0 Å². The van der Waals surface area contributed by atoms with E-state index in [1.54, 1.807) is 44.3 Å². The molecule has 1 aromatic carbocycles. The maximum Gasteiger partial charge on any atom is 0.253 e. The first-order valence-electron chi connectivity index (χ1n) is 6.13. The topological polar surface area (TPSA) is 84.2 Å². The number of nitrogens with zero attached hydrogens (tertiary/aromatic N) is 1. The molecule has 1 heterocycles. The number of rotatable bonds is 4. The lowest BCUT2D eigenvalue weighted by molar-refractivity contribution is -0.115. The van der Waals surface area contributed by atoms with Gasteiger partial charge in [-0.25, -0.2) is 0 Å². The summed E-state index contributed by atoms with van der Waals surface area (Å²) in [5.74, 6) is 0.145. The Morgan fingerprint density at radius 1 is 1.30 bits per heavy atom. The van der Waals surface area contributed by atoms with Crippen LogP contribution in [0.4, 0.5) is 5.69 Å². The van der Waals surface area contributed by atoms with E-state index in [2.05, 4.69) is 15.8 Å². The van der Waals surface area contributed by atoms with Crippen molar-refractivity contribution in [2.75, 3.05) is 12.4 Å². The van der Waals surface area contributed by atoms with Gasteiger partial charge in [-0.2, -0.15) is 0 Å². The van der Waals surface area contributed by atoms with Gasteiger partial charge in [0.2, 0.25) is 5.91 Å². The first-order valence-corrected chi connectivity index (χ1v) is 6.13. The molecule has 0 saturated heterocycles. The Hall–Kier alpha value is -2.63. The Morgan fingerprint density at radius 2 is 2.05 bits per heavy atom. The van der Waals surface area contributed by atoms with Gasteiger partial charge in [-0.15, -0.1) is 0 Å². The number of hydrogen-bond donors (Lipinski definition) is 2. The van der Waals surface area contributed by atoms with Crippen molar-refractivity contribution in [2.24, 2.45) is 0 Å². The average Bonchev–Trinajstić information content (AvgIpc) is 2.83. The van der Waals surface area contributed by atoms with Crippen molar-refractivity contribution in [3.63, 3.8) is 0 Å². The lowest BCUT2D eigenvalue weighted by atomic mass is 10.1. The molecule has 6 nitrogen and oxygen atoms in total. The van der Waals surface area contributed by atoms with E-state index in [0.717, 1.165) is 0 Å². The standard InChI is InChI=1S/C14H15N3O3/c1-9-7-10(17-20-9)8-13(18)16-12-6-4-3-5-11(12)14(19)15-2/h3-7H,8H2,1-2H3,(H,15,19)(H,16,18). The molecule has 2 aromatic rings. The monoisotopic (exact) mass is 273 g/mol. The highest BCUT2D eigenvalue weighted by atomic mass is 16.5. The van der Waals surface area contributed by atoms with Crippen molar-refractivity contribution < 1.29 is 14.1 Å². The van der Waals surface area contributed by atoms with E-state index < -0.39 is 0 Å². The van der Waals surface area contributed by atoms with E-state index in [1.807, 2.05) is 0 Å². The second-order valence-electron chi connectivity index (χ2n) is 4.28. The smallest absolute Gasteiger partial charge is 0.253 e. The minimum Gasteiger partial charge on any atom is -0.361 e. The van der Waals surface area contributed by atoms with Crippen LogP contribution in [0.5, 0.6) is 0 Å². The summed E-state index contributed by atoms with van der Waals surface area (Å²) in [6.07, 6.45) is 0.0966. The van der Waals surface area contributed by atoms with Crippen LogP contribution in [0.3, 0.4) is 0 Å². The largest absolute Gasteiger partial charge is 0.361 e. The van der Waals surface area contributed by atoms with E-state index in [9.17, 15) is 9.59 Å². The van der Waals surface area contributed by atoms with Crippen LogP contribution in [0.15, 0.2) is 34.9 Å². The summed E-state index contributed by atoms with van der Waals surface area (Å²) >= 11 is 0. The first-order chi connectivity index (χ1) is 9.60. The summed E-state index contributed by atoms with van der Waals surface area (Å²) in [6.45, 7) is 1.76. The van der Waals surface area contributed by atoms with E-state index in [4.69, 9.17) is 4.52 Å². The molecular weight excluding hydrogens is 258 g/mol. The molecule has 0 atom stereocenters.